The number of nitrogens with zero attached hydrogens (tertiary/aromatic N) is 4. The summed E-state index contributed by atoms with van der Waals surface area (Å²) >= 11 is 5.93. The Labute approximate surface area is 200 Å². The van der Waals surface area contributed by atoms with Gasteiger partial charge in [0, 0.05) is 30.2 Å². The second-order valence-corrected chi connectivity index (χ2v) is 8.80. The van der Waals surface area contributed by atoms with E-state index in [1.54, 1.807) is 12.1 Å². The quantitative estimate of drug-likeness (QED) is 0.433. The average Bonchev–Trinajstić information content (AvgIpc) is 3.30. The molecule has 1 saturated heterocycles. The van der Waals surface area contributed by atoms with E-state index in [0.717, 1.165) is 31.4 Å². The summed E-state index contributed by atoms with van der Waals surface area (Å²) in [6.45, 7) is 1.86. The highest BCUT2D eigenvalue weighted by Gasteiger charge is 2.29. The highest BCUT2D eigenvalue weighted by Crippen LogP contribution is 2.34. The minimum absolute atomic E-state index is 0.0352. The van der Waals surface area contributed by atoms with Crippen molar-refractivity contribution in [2.45, 2.75) is 19.3 Å². The molecule has 1 aliphatic heterocycles. The third-order valence-electron chi connectivity index (χ3n) is 6.09. The zero-order chi connectivity index (χ0) is 23.5. The molecule has 0 spiro atoms. The van der Waals surface area contributed by atoms with Gasteiger partial charge in [-0.2, -0.15) is 4.98 Å². The summed E-state index contributed by atoms with van der Waals surface area (Å²) in [4.78, 5) is 23.7. The van der Waals surface area contributed by atoms with Crippen molar-refractivity contribution in [2.24, 2.45) is 5.92 Å². The molecule has 0 aliphatic carbocycles. The summed E-state index contributed by atoms with van der Waals surface area (Å²) in [5.74, 6) is 0.226. The third-order valence-corrected chi connectivity index (χ3v) is 6.34. The van der Waals surface area contributed by atoms with Crippen molar-refractivity contribution < 1.29 is 13.7 Å². The predicted molar refractivity (Wildman–Crippen MR) is 128 cm³/mol. The fourth-order valence-electron chi connectivity index (χ4n) is 4.33. The zero-order valence-electron chi connectivity index (χ0n) is 18.4. The van der Waals surface area contributed by atoms with Crippen LogP contribution < -0.4 is 10.2 Å². The second kappa shape index (κ2) is 9.77. The van der Waals surface area contributed by atoms with Gasteiger partial charge in [-0.3, -0.25) is 4.79 Å². The van der Waals surface area contributed by atoms with Crippen molar-refractivity contribution >= 4 is 34.4 Å². The van der Waals surface area contributed by atoms with Gasteiger partial charge in [0.05, 0.1) is 5.92 Å². The Balaban J connectivity index is 1.31. The monoisotopic (exact) mass is 479 g/mol. The first-order valence-electron chi connectivity index (χ1n) is 11.2. The molecule has 2 aromatic carbocycles. The minimum atomic E-state index is -0.325. The number of rotatable bonds is 6. The number of amides is 1. The fourth-order valence-corrected chi connectivity index (χ4v) is 4.45. The van der Waals surface area contributed by atoms with Crippen LogP contribution in [0.15, 0.2) is 59.4 Å². The van der Waals surface area contributed by atoms with Crippen LogP contribution >= 0.6 is 11.6 Å². The number of carbonyl (C=O) groups excluding carboxylic acids is 1. The molecule has 0 unspecified atom stereocenters. The molecule has 1 amide bonds. The molecule has 4 aromatic rings. The van der Waals surface area contributed by atoms with Crippen LogP contribution in [0.5, 0.6) is 0 Å². The number of benzene rings is 2. The maximum atomic E-state index is 13.4. The zero-order valence-corrected chi connectivity index (χ0v) is 19.1. The molecule has 1 N–H and O–H groups in total. The van der Waals surface area contributed by atoms with Crippen molar-refractivity contribution in [3.63, 3.8) is 0 Å². The molecule has 3 heterocycles. The van der Waals surface area contributed by atoms with E-state index >= 15 is 0 Å². The van der Waals surface area contributed by atoms with Crippen molar-refractivity contribution in [3.05, 3.63) is 71.3 Å². The molecule has 1 fully saturated rings. The van der Waals surface area contributed by atoms with E-state index in [4.69, 9.17) is 16.1 Å². The number of halogens is 2. The van der Waals surface area contributed by atoms with Crippen molar-refractivity contribution in [3.8, 4) is 11.3 Å². The van der Waals surface area contributed by atoms with Crippen LogP contribution in [0.2, 0.25) is 5.02 Å². The van der Waals surface area contributed by atoms with Crippen molar-refractivity contribution in [1.29, 1.82) is 0 Å². The van der Waals surface area contributed by atoms with E-state index < -0.39 is 0 Å². The first-order chi connectivity index (χ1) is 16.6. The molecular formula is C25H23ClFN5O2. The minimum Gasteiger partial charge on any atom is -0.355 e. The summed E-state index contributed by atoms with van der Waals surface area (Å²) < 4.78 is 18.8. The van der Waals surface area contributed by atoms with Gasteiger partial charge < -0.3 is 14.7 Å². The second-order valence-electron chi connectivity index (χ2n) is 8.37. The Morgan fingerprint density at radius 2 is 1.94 bits per heavy atom. The molecule has 34 heavy (non-hydrogen) atoms. The number of aromatic nitrogens is 3. The van der Waals surface area contributed by atoms with E-state index in [-0.39, 0.29) is 17.6 Å². The Bertz CT molecular complexity index is 1290. The highest BCUT2D eigenvalue weighted by atomic mass is 35.5. The molecule has 0 bridgehead atoms. The van der Waals surface area contributed by atoms with Crippen LogP contribution in [-0.4, -0.2) is 40.7 Å². The van der Waals surface area contributed by atoms with Crippen LogP contribution in [-0.2, 0) is 11.2 Å². The average molecular weight is 480 g/mol. The van der Waals surface area contributed by atoms with Crippen molar-refractivity contribution in [2.75, 3.05) is 24.5 Å². The smallest absolute Gasteiger partial charge is 0.263 e. The lowest BCUT2D eigenvalue weighted by Crippen LogP contribution is -2.43. The molecule has 7 nitrogen and oxygen atoms in total. The molecule has 0 saturated carbocycles. The van der Waals surface area contributed by atoms with Gasteiger partial charge in [-0.25, -0.2) is 9.37 Å². The summed E-state index contributed by atoms with van der Waals surface area (Å²) in [7, 11) is 0. The van der Waals surface area contributed by atoms with Crippen molar-refractivity contribution in [1.82, 2.24) is 20.4 Å². The van der Waals surface area contributed by atoms with E-state index in [1.165, 1.54) is 18.5 Å². The van der Waals surface area contributed by atoms with E-state index in [1.807, 2.05) is 24.3 Å². The first kappa shape index (κ1) is 22.3. The third kappa shape index (κ3) is 4.72. The molecule has 1 atom stereocenters. The lowest BCUT2D eigenvalue weighted by atomic mass is 9.96. The van der Waals surface area contributed by atoms with Crippen LogP contribution in [0.1, 0.15) is 18.4 Å². The largest absolute Gasteiger partial charge is 0.355 e. The Kier molecular flexibility index (Phi) is 6.40. The maximum Gasteiger partial charge on any atom is 0.263 e. The maximum absolute atomic E-state index is 13.4. The summed E-state index contributed by atoms with van der Waals surface area (Å²) in [6, 6.07) is 13.7. The number of fused-ring (bicyclic) bond motifs is 1. The Hall–Kier alpha value is -3.52. The van der Waals surface area contributed by atoms with Gasteiger partial charge in [-0.05, 0) is 61.2 Å². The molecule has 5 rings (SSSR count). The van der Waals surface area contributed by atoms with Gasteiger partial charge in [0.25, 0.3) is 5.71 Å². The molecule has 2 aromatic heterocycles. The van der Waals surface area contributed by atoms with Crippen LogP contribution in [0.4, 0.5) is 10.2 Å². The molecule has 9 heteroatoms. The fraction of sp³-hybridized carbons (Fsp3) is 0.280. The van der Waals surface area contributed by atoms with Crippen LogP contribution in [0, 0.1) is 11.7 Å². The molecule has 174 valence electrons. The lowest BCUT2D eigenvalue weighted by Gasteiger charge is -2.33. The number of carbonyl (C=O) groups is 1. The van der Waals surface area contributed by atoms with Gasteiger partial charge in [0.15, 0.2) is 0 Å². The standard InChI is InChI=1S/C25H23ClFN5O2/c26-19-7-3-16(4-8-19)11-12-28-24(33)18-2-1-13-32(14-18)23-21-22(17-5-9-20(27)10-6-17)31-34-25(21)30-15-29-23/h3-10,15,18H,1-2,11-14H2,(H,28,33)/t18-/m0/s1. The first-order valence-corrected chi connectivity index (χ1v) is 11.6. The number of hydrogen-bond acceptors (Lipinski definition) is 6. The number of anilines is 1. The highest BCUT2D eigenvalue weighted by molar-refractivity contribution is 6.30. The number of hydrogen-bond donors (Lipinski definition) is 1. The van der Waals surface area contributed by atoms with E-state index in [9.17, 15) is 9.18 Å². The normalized spacial score (nSPS) is 16.1. The van der Waals surface area contributed by atoms with Gasteiger partial charge in [0.1, 0.15) is 29.0 Å². The van der Waals surface area contributed by atoms with Crippen LogP contribution in [0.25, 0.3) is 22.4 Å². The van der Waals surface area contributed by atoms with Gasteiger partial charge in [-0.1, -0.05) is 28.9 Å². The predicted octanol–water partition coefficient (Wildman–Crippen LogP) is 4.65. The summed E-state index contributed by atoms with van der Waals surface area (Å²) in [6.07, 6.45) is 3.85. The lowest BCUT2D eigenvalue weighted by molar-refractivity contribution is -0.125. The van der Waals surface area contributed by atoms with E-state index in [0.29, 0.717) is 46.3 Å². The molecule has 1 aliphatic rings. The van der Waals surface area contributed by atoms with Gasteiger partial charge in [0.2, 0.25) is 5.91 Å². The van der Waals surface area contributed by atoms with Crippen LogP contribution in [0.3, 0.4) is 0 Å². The number of piperidine rings is 1. The van der Waals surface area contributed by atoms with E-state index in [2.05, 4.69) is 25.3 Å². The topological polar surface area (TPSA) is 84.2 Å². The Morgan fingerprint density at radius 3 is 2.74 bits per heavy atom. The summed E-state index contributed by atoms with van der Waals surface area (Å²) in [5, 5.41) is 8.59. The van der Waals surface area contributed by atoms with Gasteiger partial charge in [-0.15, -0.1) is 0 Å². The molecular weight excluding hydrogens is 457 g/mol. The SMILES string of the molecule is O=C(NCCc1ccc(Cl)cc1)[C@H]1CCCN(c2ncnc3onc(-c4ccc(F)cc4)c23)C1. The number of nitrogens with one attached hydrogen (secondary N) is 1. The summed E-state index contributed by atoms with van der Waals surface area (Å²) in [5.41, 5.74) is 2.75. The van der Waals surface area contributed by atoms with Gasteiger partial charge >= 0.3 is 0 Å². The molecule has 0 radical (unpaired) electrons. The Morgan fingerprint density at radius 1 is 1.15 bits per heavy atom.